The minimum atomic E-state index is 0.300. The maximum Gasteiger partial charge on any atom is 0.140 e. The normalized spacial score (nSPS) is 43.2. The van der Waals surface area contributed by atoms with E-state index in [0.29, 0.717) is 23.5 Å². The SMILES string of the molecule is O=C1CCC=C2[C@@H]1[C@H]1C=C[C@@H]2C1. The van der Waals surface area contributed by atoms with Gasteiger partial charge in [0.25, 0.3) is 0 Å². The zero-order valence-corrected chi connectivity index (χ0v) is 6.99. The lowest BCUT2D eigenvalue weighted by Crippen LogP contribution is -2.23. The second kappa shape index (κ2) is 2.09. The average Bonchev–Trinajstić information content (AvgIpc) is 2.64. The number of allylic oxidation sites excluding steroid dienone is 4. The van der Waals surface area contributed by atoms with E-state index < -0.39 is 0 Å². The third-order valence-electron chi connectivity index (χ3n) is 3.45. The summed E-state index contributed by atoms with van der Waals surface area (Å²) in [6.07, 6.45) is 9.82. The Balaban J connectivity index is 2.09. The van der Waals surface area contributed by atoms with Crippen molar-refractivity contribution in [3.05, 3.63) is 23.8 Å². The first kappa shape index (κ1) is 6.64. The molecule has 0 aromatic carbocycles. The number of rotatable bonds is 0. The van der Waals surface area contributed by atoms with Crippen LogP contribution in [0, 0.1) is 17.8 Å². The highest BCUT2D eigenvalue weighted by Crippen LogP contribution is 2.49. The molecule has 1 heteroatoms. The monoisotopic (exact) mass is 160 g/mol. The summed E-state index contributed by atoms with van der Waals surface area (Å²) in [7, 11) is 0. The third kappa shape index (κ3) is 0.669. The van der Waals surface area contributed by atoms with Crippen molar-refractivity contribution in [2.75, 3.05) is 0 Å². The topological polar surface area (TPSA) is 17.1 Å². The molecule has 3 rings (SSSR count). The summed E-state index contributed by atoms with van der Waals surface area (Å²) in [4.78, 5) is 11.6. The van der Waals surface area contributed by atoms with E-state index in [9.17, 15) is 4.79 Å². The van der Waals surface area contributed by atoms with Crippen LogP contribution in [0.4, 0.5) is 0 Å². The zero-order valence-electron chi connectivity index (χ0n) is 6.99. The van der Waals surface area contributed by atoms with Gasteiger partial charge in [-0.05, 0) is 24.7 Å². The van der Waals surface area contributed by atoms with Crippen molar-refractivity contribution in [2.45, 2.75) is 19.3 Å². The second-order valence-electron chi connectivity index (χ2n) is 4.08. The summed E-state index contributed by atoms with van der Waals surface area (Å²) in [6.45, 7) is 0. The summed E-state index contributed by atoms with van der Waals surface area (Å²) < 4.78 is 0. The fourth-order valence-electron chi connectivity index (χ4n) is 2.94. The van der Waals surface area contributed by atoms with Crippen LogP contribution in [-0.2, 0) is 4.79 Å². The number of Topliss-reactive ketones (excluding diaryl/α,β-unsaturated/α-hetero) is 1. The van der Waals surface area contributed by atoms with Gasteiger partial charge in [0, 0.05) is 12.3 Å². The van der Waals surface area contributed by atoms with Gasteiger partial charge >= 0.3 is 0 Å². The second-order valence-corrected chi connectivity index (χ2v) is 4.08. The van der Waals surface area contributed by atoms with Crippen LogP contribution in [0.25, 0.3) is 0 Å². The summed E-state index contributed by atoms with van der Waals surface area (Å²) >= 11 is 0. The highest BCUT2D eigenvalue weighted by atomic mass is 16.1. The lowest BCUT2D eigenvalue weighted by molar-refractivity contribution is -0.122. The van der Waals surface area contributed by atoms with Gasteiger partial charge in [0.2, 0.25) is 0 Å². The molecule has 0 spiro atoms. The fraction of sp³-hybridized carbons (Fsp3) is 0.545. The standard InChI is InChI=1S/C11H12O/c12-10-3-1-2-9-7-4-5-8(6-7)11(9)10/h2,4-5,7-8,11H,1,3,6H2/t7-,8+,11+/m1/s1. The van der Waals surface area contributed by atoms with Crippen molar-refractivity contribution in [1.29, 1.82) is 0 Å². The fourth-order valence-corrected chi connectivity index (χ4v) is 2.94. The Morgan fingerprint density at radius 3 is 3.08 bits per heavy atom. The van der Waals surface area contributed by atoms with Crippen molar-refractivity contribution < 1.29 is 4.79 Å². The molecule has 3 atom stereocenters. The van der Waals surface area contributed by atoms with Gasteiger partial charge in [-0.15, -0.1) is 0 Å². The number of hydrogen-bond acceptors (Lipinski definition) is 1. The van der Waals surface area contributed by atoms with E-state index in [1.807, 2.05) is 0 Å². The molecule has 0 aromatic heterocycles. The highest BCUT2D eigenvalue weighted by Gasteiger charge is 2.44. The average molecular weight is 160 g/mol. The van der Waals surface area contributed by atoms with Crippen LogP contribution in [0.5, 0.6) is 0 Å². The van der Waals surface area contributed by atoms with Gasteiger partial charge < -0.3 is 0 Å². The van der Waals surface area contributed by atoms with Gasteiger partial charge in [-0.25, -0.2) is 0 Å². The number of fused-ring (bicyclic) bond motifs is 5. The first-order chi connectivity index (χ1) is 5.86. The maximum absolute atomic E-state index is 11.6. The van der Waals surface area contributed by atoms with E-state index in [4.69, 9.17) is 0 Å². The van der Waals surface area contributed by atoms with E-state index >= 15 is 0 Å². The van der Waals surface area contributed by atoms with Crippen LogP contribution in [0.1, 0.15) is 19.3 Å². The molecule has 3 aliphatic carbocycles. The minimum Gasteiger partial charge on any atom is -0.299 e. The Kier molecular flexibility index (Phi) is 1.16. The summed E-state index contributed by atoms with van der Waals surface area (Å²) in [5, 5.41) is 0. The van der Waals surface area contributed by atoms with E-state index in [2.05, 4.69) is 18.2 Å². The van der Waals surface area contributed by atoms with Crippen LogP contribution < -0.4 is 0 Å². The zero-order chi connectivity index (χ0) is 8.13. The van der Waals surface area contributed by atoms with Crippen molar-refractivity contribution in [3.8, 4) is 0 Å². The van der Waals surface area contributed by atoms with Crippen LogP contribution >= 0.6 is 0 Å². The molecule has 0 unspecified atom stereocenters. The van der Waals surface area contributed by atoms with Gasteiger partial charge in [-0.3, -0.25) is 4.79 Å². The largest absolute Gasteiger partial charge is 0.299 e. The smallest absolute Gasteiger partial charge is 0.140 e. The maximum atomic E-state index is 11.6. The van der Waals surface area contributed by atoms with E-state index in [0.717, 1.165) is 12.8 Å². The van der Waals surface area contributed by atoms with Gasteiger partial charge in [-0.2, -0.15) is 0 Å². The van der Waals surface area contributed by atoms with Crippen LogP contribution in [0.2, 0.25) is 0 Å². The molecular formula is C11H12O. The minimum absolute atomic E-state index is 0.300. The van der Waals surface area contributed by atoms with Crippen molar-refractivity contribution in [1.82, 2.24) is 0 Å². The summed E-state index contributed by atoms with van der Waals surface area (Å²) in [5.74, 6) is 1.98. The lowest BCUT2D eigenvalue weighted by atomic mass is 9.80. The predicted octanol–water partition coefficient (Wildman–Crippen LogP) is 2.10. The first-order valence-corrected chi connectivity index (χ1v) is 4.77. The molecule has 0 heterocycles. The molecule has 2 bridgehead atoms. The molecule has 1 nitrogen and oxygen atoms in total. The van der Waals surface area contributed by atoms with Crippen molar-refractivity contribution in [2.24, 2.45) is 17.8 Å². The summed E-state index contributed by atoms with van der Waals surface area (Å²) in [6, 6.07) is 0. The number of carbonyl (C=O) groups excluding carboxylic acids is 1. The molecule has 0 N–H and O–H groups in total. The Morgan fingerprint density at radius 1 is 1.33 bits per heavy atom. The molecular weight excluding hydrogens is 148 g/mol. The molecule has 3 aliphatic rings. The molecule has 1 fully saturated rings. The quantitative estimate of drug-likeness (QED) is 0.496. The Hall–Kier alpha value is -0.850. The van der Waals surface area contributed by atoms with E-state index in [-0.39, 0.29) is 0 Å². The third-order valence-corrected chi connectivity index (χ3v) is 3.45. The number of ketones is 1. The van der Waals surface area contributed by atoms with Crippen LogP contribution in [-0.4, -0.2) is 5.78 Å². The molecule has 62 valence electrons. The Bertz CT molecular complexity index is 298. The molecule has 0 aromatic rings. The molecule has 0 aliphatic heterocycles. The lowest BCUT2D eigenvalue weighted by Gasteiger charge is -2.23. The van der Waals surface area contributed by atoms with E-state index in [1.165, 1.54) is 12.0 Å². The Labute approximate surface area is 72.2 Å². The molecule has 12 heavy (non-hydrogen) atoms. The predicted molar refractivity (Wildman–Crippen MR) is 46.6 cm³/mol. The number of carbonyl (C=O) groups is 1. The van der Waals surface area contributed by atoms with Gasteiger partial charge in [0.05, 0.1) is 0 Å². The van der Waals surface area contributed by atoms with Crippen LogP contribution in [0.3, 0.4) is 0 Å². The molecule has 0 amide bonds. The van der Waals surface area contributed by atoms with Gasteiger partial charge in [-0.1, -0.05) is 23.8 Å². The van der Waals surface area contributed by atoms with Crippen molar-refractivity contribution in [3.63, 3.8) is 0 Å². The van der Waals surface area contributed by atoms with Gasteiger partial charge in [0.1, 0.15) is 5.78 Å². The van der Waals surface area contributed by atoms with Crippen molar-refractivity contribution >= 4 is 5.78 Å². The Morgan fingerprint density at radius 2 is 2.25 bits per heavy atom. The highest BCUT2D eigenvalue weighted by molar-refractivity contribution is 5.87. The number of hydrogen-bond donors (Lipinski definition) is 0. The molecule has 0 saturated heterocycles. The molecule has 1 saturated carbocycles. The first-order valence-electron chi connectivity index (χ1n) is 4.77. The van der Waals surface area contributed by atoms with E-state index in [1.54, 1.807) is 0 Å². The van der Waals surface area contributed by atoms with Crippen LogP contribution in [0.15, 0.2) is 23.8 Å². The molecule has 0 radical (unpaired) electrons. The van der Waals surface area contributed by atoms with Gasteiger partial charge in [0.15, 0.2) is 0 Å². The summed E-state index contributed by atoms with van der Waals surface area (Å²) in [5.41, 5.74) is 1.44.